The Morgan fingerprint density at radius 2 is 1.81 bits per heavy atom. The van der Waals surface area contributed by atoms with E-state index in [2.05, 4.69) is 5.32 Å². The van der Waals surface area contributed by atoms with E-state index in [-0.39, 0.29) is 42.0 Å². The third-order valence-electron chi connectivity index (χ3n) is 7.20. The van der Waals surface area contributed by atoms with Crippen molar-refractivity contribution < 1.29 is 31.9 Å². The molecule has 7 nitrogen and oxygen atoms in total. The molecule has 2 heterocycles. The molecule has 37 heavy (non-hydrogen) atoms. The summed E-state index contributed by atoms with van der Waals surface area (Å²) in [5.74, 6) is 0.452. The second-order valence-corrected chi connectivity index (χ2v) is 10.1. The number of hydrogen-bond donors (Lipinski definition) is 1. The van der Waals surface area contributed by atoms with Gasteiger partial charge in [-0.2, -0.15) is 13.2 Å². The number of fused-ring (bicyclic) bond motifs is 1. The number of carbonyl (C=O) groups is 2. The molecule has 2 aromatic rings. The van der Waals surface area contributed by atoms with E-state index in [9.17, 15) is 27.6 Å². The molecule has 1 N–H and O–H groups in total. The number of imide groups is 1. The van der Waals surface area contributed by atoms with Crippen LogP contribution in [0.5, 0.6) is 5.75 Å². The Hall–Kier alpha value is -3.04. The van der Waals surface area contributed by atoms with Gasteiger partial charge in [0.15, 0.2) is 0 Å². The van der Waals surface area contributed by atoms with Crippen LogP contribution in [0.25, 0.3) is 11.0 Å². The number of nitrogens with zero attached hydrogens (tertiary/aromatic N) is 1. The van der Waals surface area contributed by atoms with Gasteiger partial charge in [-0.1, -0.05) is 26.7 Å². The molecule has 3 amide bonds. The number of urea groups is 1. The normalized spacial score (nSPS) is 20.1. The summed E-state index contributed by atoms with van der Waals surface area (Å²) in [5.41, 5.74) is -1.88. The predicted octanol–water partition coefficient (Wildman–Crippen LogP) is 5.60. The van der Waals surface area contributed by atoms with Gasteiger partial charge in [0.05, 0.1) is 12.2 Å². The fourth-order valence-electron chi connectivity index (χ4n) is 5.16. The quantitative estimate of drug-likeness (QED) is 0.236. The Morgan fingerprint density at radius 3 is 2.43 bits per heavy atom. The number of amides is 3. The zero-order valence-corrected chi connectivity index (χ0v) is 21.4. The van der Waals surface area contributed by atoms with Crippen molar-refractivity contribution in [1.82, 2.24) is 10.2 Å². The highest BCUT2D eigenvalue weighted by molar-refractivity contribution is 6.07. The van der Waals surface area contributed by atoms with E-state index >= 15 is 0 Å². The molecule has 0 radical (unpaired) electrons. The van der Waals surface area contributed by atoms with Crippen molar-refractivity contribution >= 4 is 22.9 Å². The number of rotatable bonds is 11. The van der Waals surface area contributed by atoms with Gasteiger partial charge in [0, 0.05) is 23.6 Å². The maximum absolute atomic E-state index is 13.7. The van der Waals surface area contributed by atoms with Gasteiger partial charge in [0.2, 0.25) is 0 Å². The standard InChI is InChI=1S/C27H33F3N2O5/c1-4-8-16-14-19-20(27(28,29)30)15-21(33)37-23(19)18(9-5-2)22(16)36-13-7-6-12-32-24(34)26(3,17-10-11-17)31-25(32)35/h14-15,17H,4-13H2,1-3H3,(H,31,35). The topological polar surface area (TPSA) is 88.8 Å². The van der Waals surface area contributed by atoms with Crippen LogP contribution < -0.4 is 15.7 Å². The fourth-order valence-corrected chi connectivity index (χ4v) is 5.16. The van der Waals surface area contributed by atoms with E-state index in [0.29, 0.717) is 61.5 Å². The summed E-state index contributed by atoms with van der Waals surface area (Å²) in [5, 5.41) is 2.69. The average Bonchev–Trinajstić information content (AvgIpc) is 3.65. The van der Waals surface area contributed by atoms with E-state index in [4.69, 9.17) is 9.15 Å². The number of nitrogens with one attached hydrogen (secondary N) is 1. The van der Waals surface area contributed by atoms with Crippen LogP contribution in [-0.2, 0) is 23.8 Å². The summed E-state index contributed by atoms with van der Waals surface area (Å²) in [6, 6.07) is 1.55. The molecular formula is C27H33F3N2O5. The molecule has 0 bridgehead atoms. The number of hydrogen-bond acceptors (Lipinski definition) is 5. The van der Waals surface area contributed by atoms with Crippen LogP contribution >= 0.6 is 0 Å². The first-order chi connectivity index (χ1) is 17.5. The Bertz CT molecular complexity index is 1250. The van der Waals surface area contributed by atoms with Gasteiger partial charge in [-0.15, -0.1) is 0 Å². The van der Waals surface area contributed by atoms with Gasteiger partial charge in [-0.25, -0.2) is 9.59 Å². The predicted molar refractivity (Wildman–Crippen MR) is 132 cm³/mol. The molecule has 1 aromatic heterocycles. The van der Waals surface area contributed by atoms with Gasteiger partial charge >= 0.3 is 17.8 Å². The molecule has 1 saturated carbocycles. The van der Waals surface area contributed by atoms with Gasteiger partial charge in [-0.05, 0) is 63.0 Å². The van der Waals surface area contributed by atoms with E-state index in [1.807, 2.05) is 13.8 Å². The molecular weight excluding hydrogens is 489 g/mol. The molecule has 1 atom stereocenters. The van der Waals surface area contributed by atoms with Crippen molar-refractivity contribution in [2.24, 2.45) is 5.92 Å². The number of unbranched alkanes of at least 4 members (excludes halogenated alkanes) is 1. The maximum atomic E-state index is 13.7. The summed E-state index contributed by atoms with van der Waals surface area (Å²) in [6.07, 6.45) is 0.409. The van der Waals surface area contributed by atoms with E-state index < -0.39 is 22.9 Å². The third kappa shape index (κ3) is 5.33. The summed E-state index contributed by atoms with van der Waals surface area (Å²) >= 11 is 0. The van der Waals surface area contributed by atoms with Crippen molar-refractivity contribution in [3.05, 3.63) is 39.2 Å². The molecule has 1 aliphatic carbocycles. The number of aryl methyl sites for hydroxylation is 2. The van der Waals surface area contributed by atoms with Gasteiger partial charge in [-0.3, -0.25) is 9.69 Å². The second kappa shape index (κ2) is 10.4. The lowest BCUT2D eigenvalue weighted by Crippen LogP contribution is -2.46. The van der Waals surface area contributed by atoms with Crippen LogP contribution in [0.4, 0.5) is 18.0 Å². The van der Waals surface area contributed by atoms with E-state index in [0.717, 1.165) is 12.8 Å². The molecule has 10 heteroatoms. The smallest absolute Gasteiger partial charge is 0.417 e. The van der Waals surface area contributed by atoms with Gasteiger partial charge < -0.3 is 14.5 Å². The van der Waals surface area contributed by atoms with Crippen molar-refractivity contribution in [2.45, 2.75) is 83.9 Å². The monoisotopic (exact) mass is 522 g/mol. The Balaban J connectivity index is 1.53. The van der Waals surface area contributed by atoms with Crippen molar-refractivity contribution in [1.29, 1.82) is 0 Å². The molecule has 1 aliphatic heterocycles. The lowest BCUT2D eigenvalue weighted by molar-refractivity contribution is -0.136. The highest BCUT2D eigenvalue weighted by Gasteiger charge is 2.55. The van der Waals surface area contributed by atoms with Gasteiger partial charge in [0.1, 0.15) is 16.9 Å². The van der Waals surface area contributed by atoms with Gasteiger partial charge in [0.25, 0.3) is 5.91 Å². The average molecular weight is 523 g/mol. The van der Waals surface area contributed by atoms with Crippen LogP contribution in [0, 0.1) is 5.92 Å². The Morgan fingerprint density at radius 1 is 1.11 bits per heavy atom. The van der Waals surface area contributed by atoms with Crippen LogP contribution in [-0.4, -0.2) is 35.5 Å². The first-order valence-electron chi connectivity index (χ1n) is 13.0. The highest BCUT2D eigenvalue weighted by Crippen LogP contribution is 2.43. The Labute approximate surface area is 213 Å². The minimum atomic E-state index is -4.70. The number of alkyl halides is 3. The van der Waals surface area contributed by atoms with Crippen molar-refractivity contribution in [3.8, 4) is 5.75 Å². The minimum Gasteiger partial charge on any atom is -0.493 e. The number of carbonyl (C=O) groups excluding carboxylic acids is 2. The fraction of sp³-hybridized carbons (Fsp3) is 0.593. The SMILES string of the molecule is CCCc1cc2c(C(F)(F)F)cc(=O)oc2c(CCC)c1OCCCCN1C(=O)NC(C)(C2CC2)C1=O. The van der Waals surface area contributed by atoms with E-state index in [1.54, 1.807) is 6.92 Å². The first-order valence-corrected chi connectivity index (χ1v) is 13.0. The number of ether oxygens (including phenoxy) is 1. The number of benzene rings is 1. The molecule has 202 valence electrons. The summed E-state index contributed by atoms with van der Waals surface area (Å²) in [7, 11) is 0. The molecule has 1 aromatic carbocycles. The Kier molecular flexibility index (Phi) is 7.57. The van der Waals surface area contributed by atoms with Crippen LogP contribution in [0.3, 0.4) is 0 Å². The van der Waals surface area contributed by atoms with Crippen LogP contribution in [0.15, 0.2) is 21.3 Å². The lowest BCUT2D eigenvalue weighted by Gasteiger charge is -2.21. The minimum absolute atomic E-state index is 0.0878. The summed E-state index contributed by atoms with van der Waals surface area (Å²) in [4.78, 5) is 38.4. The number of halogens is 3. The molecule has 0 spiro atoms. The molecule has 4 rings (SSSR count). The maximum Gasteiger partial charge on any atom is 0.417 e. The molecule has 1 saturated heterocycles. The van der Waals surface area contributed by atoms with Crippen molar-refractivity contribution in [3.63, 3.8) is 0 Å². The summed E-state index contributed by atoms with van der Waals surface area (Å²) < 4.78 is 52.6. The van der Waals surface area contributed by atoms with E-state index in [1.165, 1.54) is 11.0 Å². The van der Waals surface area contributed by atoms with Crippen LogP contribution in [0.2, 0.25) is 0 Å². The third-order valence-corrected chi connectivity index (χ3v) is 7.20. The summed E-state index contributed by atoms with van der Waals surface area (Å²) in [6.45, 7) is 6.10. The zero-order chi connectivity index (χ0) is 27.0. The molecule has 2 aliphatic rings. The zero-order valence-electron chi connectivity index (χ0n) is 21.4. The highest BCUT2D eigenvalue weighted by atomic mass is 19.4. The lowest BCUT2D eigenvalue weighted by atomic mass is 9.96. The molecule has 2 fully saturated rings. The second-order valence-electron chi connectivity index (χ2n) is 10.1. The van der Waals surface area contributed by atoms with Crippen molar-refractivity contribution in [2.75, 3.05) is 13.2 Å². The first kappa shape index (κ1) is 27.0. The molecule has 1 unspecified atom stereocenters. The largest absolute Gasteiger partial charge is 0.493 e. The van der Waals surface area contributed by atoms with Crippen LogP contribution in [0.1, 0.15) is 76.0 Å².